The molecular formula is C10H18N4O. The lowest BCUT2D eigenvalue weighted by atomic mass is 10.4. The standard InChI is InChI=1S/C10H18N4O/c1-3-4-6-15-7-5-11-8-10-13-12-9-14(10)2/h3,9,11H,1,4-8H2,2H3. The molecule has 15 heavy (non-hydrogen) atoms. The molecule has 0 aliphatic rings. The Kier molecular flexibility index (Phi) is 5.65. The quantitative estimate of drug-likeness (QED) is 0.501. The molecular weight excluding hydrogens is 192 g/mol. The SMILES string of the molecule is C=CCCOCCNCc1nncn1C. The molecule has 5 nitrogen and oxygen atoms in total. The van der Waals surface area contributed by atoms with Crippen LogP contribution in [0.3, 0.4) is 0 Å². The first kappa shape index (κ1) is 11.9. The summed E-state index contributed by atoms with van der Waals surface area (Å²) in [7, 11) is 1.93. The van der Waals surface area contributed by atoms with Crippen LogP contribution in [0.4, 0.5) is 0 Å². The van der Waals surface area contributed by atoms with Gasteiger partial charge in [-0.2, -0.15) is 0 Å². The van der Waals surface area contributed by atoms with Gasteiger partial charge in [-0.3, -0.25) is 0 Å². The first-order valence-electron chi connectivity index (χ1n) is 5.07. The molecule has 1 aromatic rings. The Bertz CT molecular complexity index is 285. The Morgan fingerprint density at radius 3 is 3.13 bits per heavy atom. The predicted molar refractivity (Wildman–Crippen MR) is 58.3 cm³/mol. The molecule has 1 rings (SSSR count). The van der Waals surface area contributed by atoms with Crippen molar-refractivity contribution in [1.82, 2.24) is 20.1 Å². The Labute approximate surface area is 90.2 Å². The molecule has 1 heterocycles. The third-order valence-corrected chi connectivity index (χ3v) is 1.98. The summed E-state index contributed by atoms with van der Waals surface area (Å²) in [6.07, 6.45) is 4.45. The van der Waals surface area contributed by atoms with Gasteiger partial charge in [0.05, 0.1) is 19.8 Å². The Hall–Kier alpha value is -1.20. The van der Waals surface area contributed by atoms with E-state index in [1.165, 1.54) is 0 Å². The maximum Gasteiger partial charge on any atom is 0.146 e. The summed E-state index contributed by atoms with van der Waals surface area (Å²) in [4.78, 5) is 0. The third-order valence-electron chi connectivity index (χ3n) is 1.98. The van der Waals surface area contributed by atoms with Crippen LogP contribution < -0.4 is 5.32 Å². The molecule has 0 fully saturated rings. The van der Waals surface area contributed by atoms with Crippen LogP contribution >= 0.6 is 0 Å². The smallest absolute Gasteiger partial charge is 0.146 e. The molecule has 0 aromatic carbocycles. The fourth-order valence-corrected chi connectivity index (χ4v) is 1.08. The van der Waals surface area contributed by atoms with Gasteiger partial charge in [0.2, 0.25) is 0 Å². The Morgan fingerprint density at radius 2 is 2.47 bits per heavy atom. The second kappa shape index (κ2) is 7.14. The molecule has 0 unspecified atom stereocenters. The van der Waals surface area contributed by atoms with Crippen molar-refractivity contribution < 1.29 is 4.74 Å². The highest BCUT2D eigenvalue weighted by Crippen LogP contribution is 1.89. The van der Waals surface area contributed by atoms with E-state index in [0.29, 0.717) is 6.61 Å². The van der Waals surface area contributed by atoms with Crippen molar-refractivity contribution in [1.29, 1.82) is 0 Å². The van der Waals surface area contributed by atoms with E-state index >= 15 is 0 Å². The van der Waals surface area contributed by atoms with Crippen LogP contribution in [0, 0.1) is 0 Å². The maximum absolute atomic E-state index is 5.35. The predicted octanol–water partition coefficient (Wildman–Crippen LogP) is 0.497. The minimum atomic E-state index is 0.714. The van der Waals surface area contributed by atoms with Crippen LogP contribution in [0.2, 0.25) is 0 Å². The minimum Gasteiger partial charge on any atom is -0.380 e. The van der Waals surface area contributed by atoms with Crippen LogP contribution in [0.15, 0.2) is 19.0 Å². The van der Waals surface area contributed by atoms with Gasteiger partial charge in [-0.05, 0) is 6.42 Å². The van der Waals surface area contributed by atoms with Gasteiger partial charge in [0.15, 0.2) is 0 Å². The molecule has 0 aliphatic heterocycles. The second-order valence-electron chi connectivity index (χ2n) is 3.22. The maximum atomic E-state index is 5.35. The van der Waals surface area contributed by atoms with Crippen LogP contribution in [0.1, 0.15) is 12.2 Å². The van der Waals surface area contributed by atoms with E-state index in [1.807, 2.05) is 17.7 Å². The zero-order valence-electron chi connectivity index (χ0n) is 9.15. The lowest BCUT2D eigenvalue weighted by Crippen LogP contribution is -2.21. The number of aryl methyl sites for hydroxylation is 1. The molecule has 5 heteroatoms. The third kappa shape index (κ3) is 4.71. The van der Waals surface area contributed by atoms with E-state index in [-0.39, 0.29) is 0 Å². The van der Waals surface area contributed by atoms with Crippen molar-refractivity contribution in [3.05, 3.63) is 24.8 Å². The van der Waals surface area contributed by atoms with Gasteiger partial charge in [-0.25, -0.2) is 0 Å². The van der Waals surface area contributed by atoms with Gasteiger partial charge in [0, 0.05) is 13.6 Å². The molecule has 0 spiro atoms. The van der Waals surface area contributed by atoms with Crippen molar-refractivity contribution in [3.8, 4) is 0 Å². The monoisotopic (exact) mass is 210 g/mol. The van der Waals surface area contributed by atoms with Gasteiger partial charge >= 0.3 is 0 Å². The van der Waals surface area contributed by atoms with E-state index in [4.69, 9.17) is 4.74 Å². The largest absolute Gasteiger partial charge is 0.380 e. The van der Waals surface area contributed by atoms with Crippen molar-refractivity contribution >= 4 is 0 Å². The number of aromatic nitrogens is 3. The number of hydrogen-bond acceptors (Lipinski definition) is 4. The van der Waals surface area contributed by atoms with Crippen molar-refractivity contribution in [2.75, 3.05) is 19.8 Å². The van der Waals surface area contributed by atoms with E-state index in [0.717, 1.165) is 31.9 Å². The van der Waals surface area contributed by atoms with Gasteiger partial charge in [0.1, 0.15) is 12.2 Å². The molecule has 0 radical (unpaired) electrons. The summed E-state index contributed by atoms with van der Waals surface area (Å²) < 4.78 is 7.24. The summed E-state index contributed by atoms with van der Waals surface area (Å²) in [5, 5.41) is 11.0. The lowest BCUT2D eigenvalue weighted by Gasteiger charge is -2.04. The topological polar surface area (TPSA) is 52.0 Å². The number of hydrogen-bond donors (Lipinski definition) is 1. The van der Waals surface area contributed by atoms with E-state index in [1.54, 1.807) is 6.33 Å². The molecule has 0 bridgehead atoms. The Balaban J connectivity index is 1.98. The van der Waals surface area contributed by atoms with Gasteiger partial charge < -0.3 is 14.6 Å². The fraction of sp³-hybridized carbons (Fsp3) is 0.600. The van der Waals surface area contributed by atoms with Crippen molar-refractivity contribution in [2.24, 2.45) is 7.05 Å². The van der Waals surface area contributed by atoms with E-state index < -0.39 is 0 Å². The molecule has 0 atom stereocenters. The number of ether oxygens (including phenoxy) is 1. The molecule has 0 amide bonds. The summed E-state index contributed by atoms with van der Waals surface area (Å²) in [5.74, 6) is 0.932. The number of rotatable bonds is 8. The van der Waals surface area contributed by atoms with Gasteiger partial charge in [-0.1, -0.05) is 6.08 Å². The van der Waals surface area contributed by atoms with E-state index in [2.05, 4.69) is 22.1 Å². The van der Waals surface area contributed by atoms with Crippen LogP contribution in [-0.4, -0.2) is 34.5 Å². The zero-order chi connectivity index (χ0) is 10.9. The van der Waals surface area contributed by atoms with Crippen LogP contribution in [-0.2, 0) is 18.3 Å². The lowest BCUT2D eigenvalue weighted by molar-refractivity contribution is 0.140. The highest BCUT2D eigenvalue weighted by molar-refractivity contribution is 4.82. The molecule has 84 valence electrons. The first-order chi connectivity index (χ1) is 7.34. The molecule has 1 aromatic heterocycles. The highest BCUT2D eigenvalue weighted by atomic mass is 16.5. The summed E-state index contributed by atoms with van der Waals surface area (Å²) in [6, 6.07) is 0. The van der Waals surface area contributed by atoms with Crippen LogP contribution in [0.5, 0.6) is 0 Å². The average molecular weight is 210 g/mol. The van der Waals surface area contributed by atoms with Crippen LogP contribution in [0.25, 0.3) is 0 Å². The molecule has 0 saturated heterocycles. The first-order valence-corrected chi connectivity index (χ1v) is 5.07. The molecule has 0 saturated carbocycles. The molecule has 0 aliphatic carbocycles. The normalized spacial score (nSPS) is 10.5. The van der Waals surface area contributed by atoms with Gasteiger partial charge in [-0.15, -0.1) is 16.8 Å². The van der Waals surface area contributed by atoms with Crippen molar-refractivity contribution in [3.63, 3.8) is 0 Å². The number of nitrogens with one attached hydrogen (secondary N) is 1. The van der Waals surface area contributed by atoms with Crippen molar-refractivity contribution in [2.45, 2.75) is 13.0 Å². The number of nitrogens with zero attached hydrogens (tertiary/aromatic N) is 3. The Morgan fingerprint density at radius 1 is 1.60 bits per heavy atom. The van der Waals surface area contributed by atoms with E-state index in [9.17, 15) is 0 Å². The second-order valence-corrected chi connectivity index (χ2v) is 3.22. The zero-order valence-corrected chi connectivity index (χ0v) is 9.15. The highest BCUT2D eigenvalue weighted by Gasteiger charge is 1.98. The summed E-state index contributed by atoms with van der Waals surface area (Å²) in [6.45, 7) is 6.63. The fourth-order valence-electron chi connectivity index (χ4n) is 1.08. The molecule has 1 N–H and O–H groups in total. The minimum absolute atomic E-state index is 0.714. The average Bonchev–Trinajstić information content (AvgIpc) is 2.63. The van der Waals surface area contributed by atoms with Gasteiger partial charge in [0.25, 0.3) is 0 Å². The summed E-state index contributed by atoms with van der Waals surface area (Å²) >= 11 is 0. The summed E-state index contributed by atoms with van der Waals surface area (Å²) in [5.41, 5.74) is 0.